The first-order chi connectivity index (χ1) is 7.84. The van der Waals surface area contributed by atoms with Crippen molar-refractivity contribution in [1.82, 2.24) is 4.57 Å². The largest absolute Gasteiger partial charge is 0.323 e. The van der Waals surface area contributed by atoms with Crippen molar-refractivity contribution < 1.29 is 0 Å². The lowest BCUT2D eigenvalue weighted by Crippen LogP contribution is -1.90. The normalized spacial score (nSPS) is 10.8. The van der Waals surface area contributed by atoms with E-state index in [1.54, 1.807) is 0 Å². The second-order valence-corrected chi connectivity index (χ2v) is 4.09. The van der Waals surface area contributed by atoms with Gasteiger partial charge in [0.15, 0.2) is 0 Å². The van der Waals surface area contributed by atoms with E-state index in [4.69, 9.17) is 0 Å². The van der Waals surface area contributed by atoms with Crippen LogP contribution in [0.1, 0.15) is 5.56 Å². The monoisotopic (exact) mass is 207 g/mol. The number of aromatic nitrogens is 1. The Morgan fingerprint density at radius 1 is 0.875 bits per heavy atom. The molecule has 78 valence electrons. The van der Waals surface area contributed by atoms with Gasteiger partial charge in [-0.05, 0) is 30.0 Å². The minimum atomic E-state index is 1.24. The fourth-order valence-electron chi connectivity index (χ4n) is 2.09. The molecular formula is C15H13N. The van der Waals surface area contributed by atoms with Gasteiger partial charge in [0, 0.05) is 17.8 Å². The second-order valence-electron chi connectivity index (χ2n) is 4.09. The van der Waals surface area contributed by atoms with Gasteiger partial charge in [-0.2, -0.15) is 0 Å². The number of aryl methyl sites for hydroxylation is 1. The Kier molecular flexibility index (Phi) is 2.03. The Hall–Kier alpha value is -2.02. The number of hydrogen-bond donors (Lipinski definition) is 0. The molecule has 3 aromatic rings. The molecule has 0 amide bonds. The first-order valence-electron chi connectivity index (χ1n) is 5.47. The van der Waals surface area contributed by atoms with Gasteiger partial charge >= 0.3 is 0 Å². The number of hydrogen-bond acceptors (Lipinski definition) is 0. The fraction of sp³-hybridized carbons (Fsp3) is 0.0667. The van der Waals surface area contributed by atoms with Crippen LogP contribution >= 0.6 is 0 Å². The molecule has 16 heavy (non-hydrogen) atoms. The molecule has 0 saturated heterocycles. The zero-order chi connectivity index (χ0) is 11.0. The highest BCUT2D eigenvalue weighted by Crippen LogP contribution is 2.22. The molecule has 0 fully saturated rings. The minimum Gasteiger partial charge on any atom is -0.323 e. The van der Waals surface area contributed by atoms with Gasteiger partial charge in [-0.25, -0.2) is 0 Å². The first kappa shape index (κ1) is 9.22. The fourth-order valence-corrected chi connectivity index (χ4v) is 2.09. The lowest BCUT2D eigenvalue weighted by Gasteiger charge is -2.07. The van der Waals surface area contributed by atoms with Gasteiger partial charge in [-0.15, -0.1) is 0 Å². The van der Waals surface area contributed by atoms with E-state index in [0.29, 0.717) is 0 Å². The van der Waals surface area contributed by atoms with Gasteiger partial charge in [0.1, 0.15) is 0 Å². The topological polar surface area (TPSA) is 4.93 Å². The third-order valence-corrected chi connectivity index (χ3v) is 2.89. The van der Waals surface area contributed by atoms with Crippen LogP contribution in [0.5, 0.6) is 0 Å². The molecule has 0 aliphatic carbocycles. The molecule has 0 bridgehead atoms. The Labute approximate surface area is 95.0 Å². The van der Waals surface area contributed by atoms with Crippen molar-refractivity contribution in [3.05, 3.63) is 66.5 Å². The summed E-state index contributed by atoms with van der Waals surface area (Å²) < 4.78 is 2.18. The molecule has 0 radical (unpaired) electrons. The van der Waals surface area contributed by atoms with Gasteiger partial charge in [0.05, 0.1) is 5.69 Å². The van der Waals surface area contributed by atoms with Gasteiger partial charge < -0.3 is 4.57 Å². The zero-order valence-electron chi connectivity index (χ0n) is 9.22. The summed E-state index contributed by atoms with van der Waals surface area (Å²) in [6, 6.07) is 17.0. The quantitative estimate of drug-likeness (QED) is 0.569. The van der Waals surface area contributed by atoms with Crippen molar-refractivity contribution >= 4 is 10.8 Å². The number of fused-ring (bicyclic) bond motifs is 1. The SMILES string of the molecule is Cc1ccn(-c2cccc3ccccc23)c1. The van der Waals surface area contributed by atoms with Crippen molar-refractivity contribution in [1.29, 1.82) is 0 Å². The van der Waals surface area contributed by atoms with Crippen LogP contribution in [0.4, 0.5) is 0 Å². The summed E-state index contributed by atoms with van der Waals surface area (Å²) in [6.07, 6.45) is 4.26. The Balaban J connectivity index is 2.31. The summed E-state index contributed by atoms with van der Waals surface area (Å²) in [5.74, 6) is 0. The highest BCUT2D eigenvalue weighted by Gasteiger charge is 2.01. The summed E-state index contributed by atoms with van der Waals surface area (Å²) in [5.41, 5.74) is 2.53. The van der Waals surface area contributed by atoms with Crippen molar-refractivity contribution in [3.63, 3.8) is 0 Å². The first-order valence-corrected chi connectivity index (χ1v) is 5.47. The van der Waals surface area contributed by atoms with Crippen molar-refractivity contribution in [2.45, 2.75) is 6.92 Å². The highest BCUT2D eigenvalue weighted by molar-refractivity contribution is 5.90. The number of nitrogens with zero attached hydrogens (tertiary/aromatic N) is 1. The summed E-state index contributed by atoms with van der Waals surface area (Å²) in [5, 5.41) is 2.58. The minimum absolute atomic E-state index is 1.24. The molecule has 1 heterocycles. The molecule has 0 aliphatic heterocycles. The van der Waals surface area contributed by atoms with E-state index in [9.17, 15) is 0 Å². The average Bonchev–Trinajstić information content (AvgIpc) is 2.75. The lowest BCUT2D eigenvalue weighted by atomic mass is 10.1. The molecule has 0 spiro atoms. The van der Waals surface area contributed by atoms with Crippen LogP contribution in [-0.2, 0) is 0 Å². The van der Waals surface area contributed by atoms with Crippen LogP contribution in [-0.4, -0.2) is 4.57 Å². The molecule has 0 aliphatic rings. The van der Waals surface area contributed by atoms with Gasteiger partial charge in [0.2, 0.25) is 0 Å². The van der Waals surface area contributed by atoms with E-state index in [1.807, 2.05) is 0 Å². The van der Waals surface area contributed by atoms with E-state index < -0.39 is 0 Å². The third kappa shape index (κ3) is 1.41. The molecule has 0 unspecified atom stereocenters. The molecule has 1 heteroatoms. The molecular weight excluding hydrogens is 194 g/mol. The predicted molar refractivity (Wildman–Crippen MR) is 68.0 cm³/mol. The van der Waals surface area contributed by atoms with E-state index in [-0.39, 0.29) is 0 Å². The highest BCUT2D eigenvalue weighted by atomic mass is 14.9. The van der Waals surface area contributed by atoms with Crippen LogP contribution in [0.25, 0.3) is 16.5 Å². The summed E-state index contributed by atoms with van der Waals surface area (Å²) in [6.45, 7) is 2.11. The van der Waals surface area contributed by atoms with Crippen LogP contribution in [0.2, 0.25) is 0 Å². The Morgan fingerprint density at radius 2 is 1.69 bits per heavy atom. The van der Waals surface area contributed by atoms with Crippen molar-refractivity contribution in [2.24, 2.45) is 0 Å². The number of benzene rings is 2. The smallest absolute Gasteiger partial charge is 0.0527 e. The maximum atomic E-state index is 2.18. The molecule has 3 rings (SSSR count). The summed E-state index contributed by atoms with van der Waals surface area (Å²) in [4.78, 5) is 0. The summed E-state index contributed by atoms with van der Waals surface area (Å²) in [7, 11) is 0. The van der Waals surface area contributed by atoms with E-state index in [2.05, 4.69) is 72.4 Å². The molecule has 1 nitrogen and oxygen atoms in total. The Bertz CT molecular complexity index is 629. The average molecular weight is 207 g/mol. The maximum absolute atomic E-state index is 2.18. The van der Waals surface area contributed by atoms with Gasteiger partial charge in [0.25, 0.3) is 0 Å². The third-order valence-electron chi connectivity index (χ3n) is 2.89. The zero-order valence-corrected chi connectivity index (χ0v) is 9.22. The van der Waals surface area contributed by atoms with Crippen molar-refractivity contribution in [3.8, 4) is 5.69 Å². The van der Waals surface area contributed by atoms with Crippen molar-refractivity contribution in [2.75, 3.05) is 0 Å². The standard InChI is InChI=1S/C15H13N/c1-12-9-10-16(11-12)15-8-4-6-13-5-2-3-7-14(13)15/h2-11H,1H3. The predicted octanol–water partition coefficient (Wildman–Crippen LogP) is 3.94. The molecule has 0 saturated carbocycles. The maximum Gasteiger partial charge on any atom is 0.0527 e. The van der Waals surface area contributed by atoms with Crippen LogP contribution in [0.15, 0.2) is 60.9 Å². The van der Waals surface area contributed by atoms with Gasteiger partial charge in [-0.1, -0.05) is 36.4 Å². The van der Waals surface area contributed by atoms with Crippen LogP contribution < -0.4 is 0 Å². The van der Waals surface area contributed by atoms with E-state index >= 15 is 0 Å². The van der Waals surface area contributed by atoms with E-state index in [1.165, 1.54) is 22.0 Å². The van der Waals surface area contributed by atoms with Crippen LogP contribution in [0, 0.1) is 6.92 Å². The molecule has 0 N–H and O–H groups in total. The van der Waals surface area contributed by atoms with Gasteiger partial charge in [-0.3, -0.25) is 0 Å². The second kappa shape index (κ2) is 3.53. The molecule has 0 atom stereocenters. The number of rotatable bonds is 1. The lowest BCUT2D eigenvalue weighted by molar-refractivity contribution is 1.09. The van der Waals surface area contributed by atoms with Crippen LogP contribution in [0.3, 0.4) is 0 Å². The molecule has 1 aromatic heterocycles. The molecule has 2 aromatic carbocycles. The Morgan fingerprint density at radius 3 is 2.50 bits per heavy atom. The van der Waals surface area contributed by atoms with E-state index in [0.717, 1.165) is 0 Å². The summed E-state index contributed by atoms with van der Waals surface area (Å²) >= 11 is 0.